The molecule has 2 aliphatic heterocycles. The number of carbonyl (C=O) groups excluding carboxylic acids is 2. The number of hydrogen-bond acceptors (Lipinski definition) is 6. The first-order chi connectivity index (χ1) is 12.8. The Bertz CT molecular complexity index is 630. The summed E-state index contributed by atoms with van der Waals surface area (Å²) < 4.78 is 23.2. The Balaban J connectivity index is 1.73. The number of halogens is 1. The van der Waals surface area contributed by atoms with Crippen LogP contribution in [0.5, 0.6) is 0 Å². The van der Waals surface area contributed by atoms with Crippen LogP contribution in [0.25, 0.3) is 0 Å². The van der Waals surface area contributed by atoms with Gasteiger partial charge in [-0.1, -0.05) is 11.6 Å². The molecule has 7 nitrogen and oxygen atoms in total. The van der Waals surface area contributed by atoms with E-state index in [9.17, 15) is 9.59 Å². The van der Waals surface area contributed by atoms with Crippen LogP contribution in [0.2, 0.25) is 0 Å². The first-order valence-electron chi connectivity index (χ1n) is 9.30. The van der Waals surface area contributed by atoms with Crippen molar-refractivity contribution in [1.29, 1.82) is 0 Å². The molecule has 2 amide bonds. The molecule has 0 aromatic rings. The molecule has 0 aromatic heterocycles. The maximum atomic E-state index is 12.0. The summed E-state index contributed by atoms with van der Waals surface area (Å²) in [5, 5.41) is 2.11. The molecule has 27 heavy (non-hydrogen) atoms. The van der Waals surface area contributed by atoms with E-state index < -0.39 is 23.7 Å². The van der Waals surface area contributed by atoms with Crippen LogP contribution < -0.4 is 5.32 Å². The second-order valence-corrected chi connectivity index (χ2v) is 8.27. The van der Waals surface area contributed by atoms with Gasteiger partial charge in [0.15, 0.2) is 0 Å². The lowest BCUT2D eigenvalue weighted by atomic mass is 9.68. The highest BCUT2D eigenvalue weighted by Crippen LogP contribution is 2.59. The van der Waals surface area contributed by atoms with Crippen molar-refractivity contribution in [2.45, 2.75) is 69.5 Å². The molecule has 1 saturated carbocycles. The number of ether oxygens (including phenoxy) is 4. The van der Waals surface area contributed by atoms with Crippen molar-refractivity contribution < 1.29 is 28.5 Å². The third-order valence-electron chi connectivity index (χ3n) is 5.86. The van der Waals surface area contributed by atoms with E-state index in [4.69, 9.17) is 30.5 Å². The van der Waals surface area contributed by atoms with Gasteiger partial charge < -0.3 is 18.9 Å². The second kappa shape index (κ2) is 7.70. The van der Waals surface area contributed by atoms with Crippen LogP contribution in [0.1, 0.15) is 40.0 Å². The Morgan fingerprint density at radius 2 is 2.07 bits per heavy atom. The van der Waals surface area contributed by atoms with Gasteiger partial charge >= 0.3 is 6.09 Å². The zero-order valence-electron chi connectivity index (χ0n) is 16.2. The molecule has 3 rings (SSSR count). The molecule has 2 saturated heterocycles. The minimum absolute atomic E-state index is 0.0548. The SMILES string of the molecule is CO[C@H]1C([C@]2(C)OC2CC=C(C)C)[C@]2(CC[C@H]1OC(=O)NC(=O)CCl)CO2. The average Bonchev–Trinajstić information content (AvgIpc) is 3.52. The van der Waals surface area contributed by atoms with Crippen LogP contribution in [0, 0.1) is 5.92 Å². The van der Waals surface area contributed by atoms with E-state index in [-0.39, 0.29) is 29.6 Å². The average molecular weight is 402 g/mol. The summed E-state index contributed by atoms with van der Waals surface area (Å²) in [6.07, 6.45) is 2.78. The zero-order valence-corrected chi connectivity index (χ0v) is 17.0. The van der Waals surface area contributed by atoms with Crippen molar-refractivity contribution >= 4 is 23.6 Å². The van der Waals surface area contributed by atoms with E-state index in [1.165, 1.54) is 5.57 Å². The minimum atomic E-state index is -0.804. The smallest absolute Gasteiger partial charge is 0.414 e. The lowest BCUT2D eigenvalue weighted by Crippen LogP contribution is -2.56. The van der Waals surface area contributed by atoms with E-state index in [0.717, 1.165) is 12.8 Å². The monoisotopic (exact) mass is 401 g/mol. The molecule has 3 fully saturated rings. The van der Waals surface area contributed by atoms with Gasteiger partial charge in [0, 0.05) is 7.11 Å². The number of rotatable bonds is 6. The number of hydrogen-bond donors (Lipinski definition) is 1. The van der Waals surface area contributed by atoms with Crippen molar-refractivity contribution in [3.8, 4) is 0 Å². The lowest BCUT2D eigenvalue weighted by Gasteiger charge is -2.42. The van der Waals surface area contributed by atoms with Gasteiger partial charge in [-0.25, -0.2) is 4.79 Å². The van der Waals surface area contributed by atoms with Gasteiger partial charge in [-0.05, 0) is 40.0 Å². The third kappa shape index (κ3) is 4.16. The van der Waals surface area contributed by atoms with Crippen molar-refractivity contribution in [2.24, 2.45) is 5.92 Å². The lowest BCUT2D eigenvalue weighted by molar-refractivity contribution is -0.124. The molecule has 2 unspecified atom stereocenters. The van der Waals surface area contributed by atoms with Crippen molar-refractivity contribution in [1.82, 2.24) is 5.32 Å². The molecule has 1 N–H and O–H groups in total. The molecule has 6 atom stereocenters. The first-order valence-corrected chi connectivity index (χ1v) is 9.83. The largest absolute Gasteiger partial charge is 0.443 e. The highest BCUT2D eigenvalue weighted by molar-refractivity contribution is 6.28. The Morgan fingerprint density at radius 3 is 2.63 bits per heavy atom. The topological polar surface area (TPSA) is 89.7 Å². The minimum Gasteiger partial charge on any atom is -0.443 e. The van der Waals surface area contributed by atoms with Crippen LogP contribution in [0.4, 0.5) is 4.79 Å². The van der Waals surface area contributed by atoms with E-state index in [1.807, 2.05) is 0 Å². The highest BCUT2D eigenvalue weighted by atomic mass is 35.5. The summed E-state index contributed by atoms with van der Waals surface area (Å²) in [5.74, 6) is -0.949. The molecule has 3 aliphatic rings. The summed E-state index contributed by atoms with van der Waals surface area (Å²) in [6.45, 7) is 6.87. The van der Waals surface area contributed by atoms with Gasteiger partial charge in [0.25, 0.3) is 0 Å². The Kier molecular flexibility index (Phi) is 5.87. The van der Waals surface area contributed by atoms with Crippen LogP contribution >= 0.6 is 11.6 Å². The van der Waals surface area contributed by atoms with Gasteiger partial charge in [-0.2, -0.15) is 0 Å². The number of alkyl halides is 1. The molecule has 8 heteroatoms. The number of nitrogens with one attached hydrogen (secondary N) is 1. The van der Waals surface area contributed by atoms with Crippen LogP contribution in [0.3, 0.4) is 0 Å². The standard InChI is InChI=1S/C19H28ClNO6/c1-11(2)5-6-13-18(3,27-13)16-15(24-4)12(7-8-19(16)10-25-19)26-17(23)21-14(22)9-20/h5,12-13,15-16H,6-10H2,1-4H3,(H,21,22,23)/t12-,13?,15-,16?,18-,19+/m1/s1. The summed E-state index contributed by atoms with van der Waals surface area (Å²) in [6, 6.07) is 0. The number of epoxide rings is 2. The van der Waals surface area contributed by atoms with E-state index in [0.29, 0.717) is 13.0 Å². The van der Waals surface area contributed by atoms with E-state index in [1.54, 1.807) is 7.11 Å². The van der Waals surface area contributed by atoms with Crippen molar-refractivity contribution in [2.75, 3.05) is 19.6 Å². The Hall–Kier alpha value is -1.15. The molecular weight excluding hydrogens is 374 g/mol. The molecule has 1 aliphatic carbocycles. The maximum Gasteiger partial charge on any atom is 0.414 e. The van der Waals surface area contributed by atoms with Crippen LogP contribution in [-0.4, -0.2) is 61.1 Å². The van der Waals surface area contributed by atoms with Gasteiger partial charge in [0.2, 0.25) is 5.91 Å². The fourth-order valence-electron chi connectivity index (χ4n) is 4.38. The third-order valence-corrected chi connectivity index (χ3v) is 6.10. The molecule has 2 heterocycles. The fraction of sp³-hybridized carbons (Fsp3) is 0.789. The van der Waals surface area contributed by atoms with Crippen molar-refractivity contribution in [3.63, 3.8) is 0 Å². The predicted octanol–water partition coefficient (Wildman–Crippen LogP) is 2.55. The Morgan fingerprint density at radius 1 is 1.37 bits per heavy atom. The van der Waals surface area contributed by atoms with Crippen molar-refractivity contribution in [3.05, 3.63) is 11.6 Å². The van der Waals surface area contributed by atoms with Gasteiger partial charge in [0.1, 0.15) is 29.3 Å². The molecule has 152 valence electrons. The summed E-state index contributed by atoms with van der Waals surface area (Å²) in [7, 11) is 1.61. The number of carbonyl (C=O) groups is 2. The summed E-state index contributed by atoms with van der Waals surface area (Å²) >= 11 is 5.42. The highest BCUT2D eigenvalue weighted by Gasteiger charge is 2.72. The summed E-state index contributed by atoms with van der Waals surface area (Å²) in [5.41, 5.74) is 0.574. The van der Waals surface area contributed by atoms with Crippen LogP contribution in [0.15, 0.2) is 11.6 Å². The number of alkyl carbamates (subject to hydrolysis) is 1. The predicted molar refractivity (Wildman–Crippen MR) is 98.7 cm³/mol. The maximum absolute atomic E-state index is 12.0. The number of allylic oxidation sites excluding steroid dienone is 1. The van der Waals surface area contributed by atoms with Crippen LogP contribution in [-0.2, 0) is 23.7 Å². The normalized spacial score (nSPS) is 39.6. The first kappa shape index (κ1) is 20.6. The number of amides is 2. The zero-order chi connectivity index (χ0) is 19.8. The van der Waals surface area contributed by atoms with Gasteiger partial charge in [0.05, 0.1) is 18.6 Å². The molecule has 1 spiro atoms. The fourth-order valence-corrected chi connectivity index (χ4v) is 4.45. The second-order valence-electron chi connectivity index (χ2n) is 8.00. The molecule has 0 radical (unpaired) electrons. The molecule has 0 bridgehead atoms. The quantitative estimate of drug-likeness (QED) is 0.418. The van der Waals surface area contributed by atoms with E-state index in [2.05, 4.69) is 32.2 Å². The molecule has 0 aromatic carbocycles. The molecular formula is C19H28ClNO6. The Labute approximate surface area is 164 Å². The number of imide groups is 1. The van der Waals surface area contributed by atoms with Gasteiger partial charge in [-0.3, -0.25) is 10.1 Å². The number of methoxy groups -OCH3 is 1. The van der Waals surface area contributed by atoms with Gasteiger partial charge in [-0.15, -0.1) is 11.6 Å². The van der Waals surface area contributed by atoms with E-state index >= 15 is 0 Å². The summed E-state index contributed by atoms with van der Waals surface area (Å²) in [4.78, 5) is 23.3.